The lowest BCUT2D eigenvalue weighted by Crippen LogP contribution is -2.50. The molecule has 5 rings (SSSR count). The van der Waals surface area contributed by atoms with Crippen LogP contribution in [0.3, 0.4) is 0 Å². The Morgan fingerprint density at radius 3 is 2.63 bits per heavy atom. The molecule has 3 aromatic heterocycles. The molecule has 1 aromatic carbocycles. The Morgan fingerprint density at radius 2 is 1.91 bits per heavy atom. The summed E-state index contributed by atoms with van der Waals surface area (Å²) in [6, 6.07) is 11.6. The van der Waals surface area contributed by atoms with E-state index < -0.39 is 5.82 Å². The Balaban J connectivity index is 1.28. The number of halogens is 1. The van der Waals surface area contributed by atoms with E-state index in [1.54, 1.807) is 35.3 Å². The molecule has 0 bridgehead atoms. The second-order valence-corrected chi connectivity index (χ2v) is 9.83. The first-order valence-corrected chi connectivity index (χ1v) is 12.1. The number of hydrogen-bond acceptors (Lipinski definition) is 7. The summed E-state index contributed by atoms with van der Waals surface area (Å²) < 4.78 is 18.8. The molecule has 0 spiro atoms. The van der Waals surface area contributed by atoms with E-state index in [0.29, 0.717) is 59.9 Å². The number of thiophene rings is 1. The molecule has 4 aromatic rings. The van der Waals surface area contributed by atoms with Gasteiger partial charge < -0.3 is 14.7 Å². The maximum atomic E-state index is 13.6. The van der Waals surface area contributed by atoms with Crippen molar-refractivity contribution in [2.75, 3.05) is 38.0 Å². The number of nitrogens with zero attached hydrogens (tertiary/aromatic N) is 4. The minimum atomic E-state index is -0.402. The lowest BCUT2D eigenvalue weighted by Gasteiger charge is -2.34. The van der Waals surface area contributed by atoms with Crippen molar-refractivity contribution in [3.8, 4) is 10.6 Å². The first-order chi connectivity index (χ1) is 16.9. The molecule has 8 nitrogen and oxygen atoms in total. The van der Waals surface area contributed by atoms with Crippen LogP contribution in [0.4, 0.5) is 10.1 Å². The highest BCUT2D eigenvalue weighted by Crippen LogP contribution is 2.31. The molecule has 1 N–H and O–H groups in total. The predicted molar refractivity (Wildman–Crippen MR) is 132 cm³/mol. The van der Waals surface area contributed by atoms with Crippen LogP contribution in [0.25, 0.3) is 21.7 Å². The molecule has 4 heterocycles. The van der Waals surface area contributed by atoms with Crippen molar-refractivity contribution >= 4 is 39.9 Å². The minimum Gasteiger partial charge on any atom is -0.336 e. The number of hydrogen-bond donors (Lipinski definition) is 1. The number of aryl methyl sites for hydroxylation is 2. The molecule has 2 amide bonds. The Morgan fingerprint density at radius 1 is 1.11 bits per heavy atom. The smallest absolute Gasteiger partial charge is 0.259 e. The number of amides is 2. The molecule has 1 aliphatic heterocycles. The van der Waals surface area contributed by atoms with Crippen molar-refractivity contribution in [2.45, 2.75) is 13.8 Å². The van der Waals surface area contributed by atoms with Gasteiger partial charge in [-0.3, -0.25) is 14.5 Å². The Hall–Kier alpha value is -3.63. The third-order valence-electron chi connectivity index (χ3n) is 5.98. The second-order valence-electron chi connectivity index (χ2n) is 8.54. The minimum absolute atomic E-state index is 0.109. The number of nitrogens with one attached hydrogen (secondary N) is 1. The highest BCUT2D eigenvalue weighted by molar-refractivity contribution is 7.15. The largest absolute Gasteiger partial charge is 0.336 e. The van der Waals surface area contributed by atoms with Crippen LogP contribution in [0.2, 0.25) is 0 Å². The standard InChI is InChI=1S/C25H24FN5O3S/c1-15-6-7-21(35-15)20-13-19(23-16(2)29-34-24(23)28-20)25(33)31-10-8-30(9-11-31)14-22(32)27-18-5-3-4-17(26)12-18/h3-7,12-13H,8-11,14H2,1-2H3,(H,27,32). The number of aromatic nitrogens is 2. The molecule has 10 heteroatoms. The normalized spacial score (nSPS) is 14.4. The fourth-order valence-electron chi connectivity index (χ4n) is 4.21. The van der Waals surface area contributed by atoms with Crippen molar-refractivity contribution in [3.05, 3.63) is 64.4 Å². The average molecular weight is 494 g/mol. The van der Waals surface area contributed by atoms with E-state index in [1.807, 2.05) is 30.0 Å². The van der Waals surface area contributed by atoms with Gasteiger partial charge in [0.05, 0.1) is 33.8 Å². The van der Waals surface area contributed by atoms with Gasteiger partial charge in [-0.05, 0) is 50.2 Å². The molecule has 35 heavy (non-hydrogen) atoms. The first-order valence-electron chi connectivity index (χ1n) is 11.3. The summed E-state index contributed by atoms with van der Waals surface area (Å²) >= 11 is 1.60. The predicted octanol–water partition coefficient (Wildman–Crippen LogP) is 4.10. The van der Waals surface area contributed by atoms with Gasteiger partial charge >= 0.3 is 0 Å². The molecule has 0 saturated carbocycles. The Kier molecular flexibility index (Phi) is 6.31. The van der Waals surface area contributed by atoms with Crippen LogP contribution in [0.5, 0.6) is 0 Å². The third kappa shape index (κ3) is 4.94. The Bertz CT molecular complexity index is 1410. The van der Waals surface area contributed by atoms with Crippen molar-refractivity contribution in [1.82, 2.24) is 19.9 Å². The summed E-state index contributed by atoms with van der Waals surface area (Å²) in [6.45, 7) is 6.06. The maximum absolute atomic E-state index is 13.6. The van der Waals surface area contributed by atoms with Crippen LogP contribution >= 0.6 is 11.3 Å². The number of rotatable bonds is 5. The van der Waals surface area contributed by atoms with Crippen LogP contribution in [0.1, 0.15) is 20.9 Å². The molecule has 0 atom stereocenters. The van der Waals surface area contributed by atoms with E-state index in [1.165, 1.54) is 12.1 Å². The van der Waals surface area contributed by atoms with Crippen LogP contribution in [-0.4, -0.2) is 64.5 Å². The average Bonchev–Trinajstić information content (AvgIpc) is 3.44. The number of piperazine rings is 1. The van der Waals surface area contributed by atoms with Crippen LogP contribution < -0.4 is 5.32 Å². The zero-order valence-corrected chi connectivity index (χ0v) is 20.2. The van der Waals surface area contributed by atoms with Gasteiger partial charge in [0.15, 0.2) is 0 Å². The van der Waals surface area contributed by atoms with Gasteiger partial charge in [0.1, 0.15) is 5.82 Å². The summed E-state index contributed by atoms with van der Waals surface area (Å²) in [7, 11) is 0. The molecule has 1 aliphatic rings. The zero-order valence-electron chi connectivity index (χ0n) is 19.4. The van der Waals surface area contributed by atoms with Crippen LogP contribution in [-0.2, 0) is 4.79 Å². The van der Waals surface area contributed by atoms with E-state index in [0.717, 1.165) is 9.75 Å². The summed E-state index contributed by atoms with van der Waals surface area (Å²) in [5, 5.41) is 7.37. The number of pyridine rings is 1. The van der Waals surface area contributed by atoms with Gasteiger partial charge in [-0.2, -0.15) is 0 Å². The van der Waals surface area contributed by atoms with E-state index in [-0.39, 0.29) is 18.4 Å². The Labute approximate surface area is 205 Å². The molecule has 0 unspecified atom stereocenters. The number of carbonyl (C=O) groups excluding carboxylic acids is 2. The first kappa shape index (κ1) is 23.1. The van der Waals surface area contributed by atoms with Gasteiger partial charge in [-0.25, -0.2) is 9.37 Å². The number of fused-ring (bicyclic) bond motifs is 1. The number of anilines is 1. The fourth-order valence-corrected chi connectivity index (χ4v) is 5.04. The summed E-state index contributed by atoms with van der Waals surface area (Å²) in [5.41, 5.74) is 2.60. The van der Waals surface area contributed by atoms with Crippen molar-refractivity contribution in [1.29, 1.82) is 0 Å². The van der Waals surface area contributed by atoms with Crippen LogP contribution in [0, 0.1) is 19.7 Å². The fraction of sp³-hybridized carbons (Fsp3) is 0.280. The SMILES string of the molecule is Cc1ccc(-c2cc(C(=O)N3CCN(CC(=O)Nc4cccc(F)c4)CC3)c3c(C)noc3n2)s1. The quantitative estimate of drug-likeness (QED) is 0.450. The van der Waals surface area contributed by atoms with Crippen molar-refractivity contribution in [2.24, 2.45) is 0 Å². The zero-order chi connectivity index (χ0) is 24.5. The number of carbonyl (C=O) groups is 2. The van der Waals surface area contributed by atoms with Gasteiger partial charge in [-0.15, -0.1) is 11.3 Å². The maximum Gasteiger partial charge on any atom is 0.259 e. The van der Waals surface area contributed by atoms with Gasteiger partial charge in [-0.1, -0.05) is 11.2 Å². The topological polar surface area (TPSA) is 91.6 Å². The number of benzene rings is 1. The molecule has 0 aliphatic carbocycles. The summed E-state index contributed by atoms with van der Waals surface area (Å²) in [5.74, 6) is -0.732. The molecule has 180 valence electrons. The van der Waals surface area contributed by atoms with Crippen molar-refractivity contribution in [3.63, 3.8) is 0 Å². The second kappa shape index (κ2) is 9.55. The molecule has 0 radical (unpaired) electrons. The van der Waals surface area contributed by atoms with Gasteiger partial charge in [0.25, 0.3) is 11.6 Å². The highest BCUT2D eigenvalue weighted by Gasteiger charge is 2.27. The van der Waals surface area contributed by atoms with E-state index in [4.69, 9.17) is 4.52 Å². The van der Waals surface area contributed by atoms with E-state index in [9.17, 15) is 14.0 Å². The molecule has 1 fully saturated rings. The monoisotopic (exact) mass is 493 g/mol. The molecular weight excluding hydrogens is 469 g/mol. The third-order valence-corrected chi connectivity index (χ3v) is 7.00. The van der Waals surface area contributed by atoms with E-state index >= 15 is 0 Å². The summed E-state index contributed by atoms with van der Waals surface area (Å²) in [6.07, 6.45) is 0. The van der Waals surface area contributed by atoms with Crippen molar-refractivity contribution < 1.29 is 18.5 Å². The van der Waals surface area contributed by atoms with Gasteiger partial charge in [0.2, 0.25) is 5.91 Å². The van der Waals surface area contributed by atoms with Crippen LogP contribution in [0.15, 0.2) is 47.0 Å². The lowest BCUT2D eigenvalue weighted by atomic mass is 10.1. The molecule has 1 saturated heterocycles. The van der Waals surface area contributed by atoms with E-state index in [2.05, 4.69) is 15.5 Å². The molecular formula is C25H24FN5O3S. The van der Waals surface area contributed by atoms with Gasteiger partial charge in [0, 0.05) is 36.7 Å². The summed E-state index contributed by atoms with van der Waals surface area (Å²) in [4.78, 5) is 36.4. The lowest BCUT2D eigenvalue weighted by molar-refractivity contribution is -0.117. The highest BCUT2D eigenvalue weighted by atomic mass is 32.1.